The van der Waals surface area contributed by atoms with E-state index in [9.17, 15) is 9.59 Å². The normalized spacial score (nSPS) is 16.0. The lowest BCUT2D eigenvalue weighted by atomic mass is 10.2. The van der Waals surface area contributed by atoms with Gasteiger partial charge in [-0.15, -0.1) is 0 Å². The Morgan fingerprint density at radius 2 is 2.23 bits per heavy atom. The molecule has 2 aromatic rings. The molecule has 0 aliphatic carbocycles. The summed E-state index contributed by atoms with van der Waals surface area (Å²) in [5.41, 5.74) is 0.738. The van der Waals surface area contributed by atoms with Crippen molar-refractivity contribution in [1.29, 1.82) is 0 Å². The number of nitrogens with zero attached hydrogens (tertiary/aromatic N) is 2. The van der Waals surface area contributed by atoms with Gasteiger partial charge in [-0.1, -0.05) is 30.3 Å². The highest BCUT2D eigenvalue weighted by molar-refractivity contribution is 8.15. The van der Waals surface area contributed by atoms with Crippen LogP contribution in [0.2, 0.25) is 5.02 Å². The molecule has 0 saturated carbocycles. The quantitative estimate of drug-likeness (QED) is 0.638. The zero-order chi connectivity index (χ0) is 21.7. The Morgan fingerprint density at radius 1 is 1.43 bits per heavy atom. The Bertz CT molecular complexity index is 988. The van der Waals surface area contributed by atoms with Gasteiger partial charge in [0.25, 0.3) is 5.91 Å². The van der Waals surface area contributed by atoms with Crippen LogP contribution in [0.15, 0.2) is 51.7 Å². The second kappa shape index (κ2) is 9.86. The third-order valence-corrected chi connectivity index (χ3v) is 5.59. The summed E-state index contributed by atoms with van der Waals surface area (Å²) in [5, 5.41) is 3.17. The van der Waals surface area contributed by atoms with E-state index in [1.165, 1.54) is 30.0 Å². The van der Waals surface area contributed by atoms with Crippen LogP contribution in [0.1, 0.15) is 26.0 Å². The average Bonchev–Trinajstić information content (AvgIpc) is 3.34. The van der Waals surface area contributed by atoms with Crippen LogP contribution in [0.4, 0.5) is 5.69 Å². The van der Waals surface area contributed by atoms with Gasteiger partial charge in [-0.05, 0) is 43.7 Å². The highest BCUT2D eigenvalue weighted by Gasteiger charge is 2.34. The number of rotatable bonds is 7. The van der Waals surface area contributed by atoms with Crippen LogP contribution in [0.25, 0.3) is 6.08 Å². The third-order valence-electron chi connectivity index (χ3n) is 4.25. The molecule has 3 rings (SSSR count). The lowest BCUT2D eigenvalue weighted by Gasteiger charge is -2.20. The number of nitrogens with one attached hydrogen (secondary N) is 1. The molecule has 0 saturated heterocycles. The molecule has 2 amide bonds. The zero-order valence-corrected chi connectivity index (χ0v) is 18.4. The van der Waals surface area contributed by atoms with Crippen molar-refractivity contribution in [2.45, 2.75) is 25.5 Å². The molecule has 1 aliphatic heterocycles. The Morgan fingerprint density at radius 3 is 2.87 bits per heavy atom. The third kappa shape index (κ3) is 4.88. The summed E-state index contributed by atoms with van der Waals surface area (Å²) in [6.07, 6.45) is 3.93. The number of ether oxygens (including phenoxy) is 1. The van der Waals surface area contributed by atoms with Crippen LogP contribution in [0.3, 0.4) is 0 Å². The zero-order valence-electron chi connectivity index (χ0n) is 16.8. The van der Waals surface area contributed by atoms with E-state index in [4.69, 9.17) is 20.8 Å². The first-order chi connectivity index (χ1) is 14.4. The van der Waals surface area contributed by atoms with Gasteiger partial charge in [-0.2, -0.15) is 0 Å². The number of benzene rings is 1. The predicted octanol–water partition coefficient (Wildman–Crippen LogP) is 4.33. The van der Waals surface area contributed by atoms with Gasteiger partial charge in [0, 0.05) is 12.6 Å². The molecule has 1 aromatic heterocycles. The van der Waals surface area contributed by atoms with Crippen molar-refractivity contribution >= 4 is 52.1 Å². The van der Waals surface area contributed by atoms with Crippen molar-refractivity contribution in [2.75, 3.05) is 18.6 Å². The molecule has 0 bridgehead atoms. The fourth-order valence-electron chi connectivity index (χ4n) is 2.71. The van der Waals surface area contributed by atoms with Gasteiger partial charge in [-0.25, -0.2) is 4.99 Å². The molecule has 30 heavy (non-hydrogen) atoms. The number of anilines is 1. The first kappa shape index (κ1) is 22.0. The molecule has 2 heterocycles. The Hall–Kier alpha value is -2.71. The summed E-state index contributed by atoms with van der Waals surface area (Å²) < 4.78 is 10.5. The smallest absolute Gasteiger partial charge is 0.283 e. The minimum Gasteiger partial charge on any atom is -0.495 e. The molecule has 9 heteroatoms. The second-order valence-electron chi connectivity index (χ2n) is 6.45. The number of thioether (sulfide) groups is 1. The first-order valence-corrected chi connectivity index (χ1v) is 10.7. The van der Waals surface area contributed by atoms with Crippen LogP contribution in [-0.2, 0) is 9.59 Å². The van der Waals surface area contributed by atoms with Crippen molar-refractivity contribution in [3.05, 3.63) is 53.1 Å². The van der Waals surface area contributed by atoms with Crippen molar-refractivity contribution in [3.63, 3.8) is 0 Å². The Labute approximate surface area is 184 Å². The summed E-state index contributed by atoms with van der Waals surface area (Å²) in [6, 6.07) is 8.49. The molecule has 0 fully saturated rings. The number of aliphatic imine (C=N–C) groups is 1. The van der Waals surface area contributed by atoms with Gasteiger partial charge in [-0.3, -0.25) is 14.5 Å². The van der Waals surface area contributed by atoms with Crippen molar-refractivity contribution in [3.8, 4) is 5.75 Å². The lowest BCUT2D eigenvalue weighted by Crippen LogP contribution is -2.36. The Balaban J connectivity index is 1.94. The molecule has 7 nitrogen and oxygen atoms in total. The van der Waals surface area contributed by atoms with E-state index in [-0.39, 0.29) is 17.5 Å². The van der Waals surface area contributed by atoms with Crippen LogP contribution in [0, 0.1) is 0 Å². The van der Waals surface area contributed by atoms with Crippen LogP contribution in [-0.4, -0.2) is 35.9 Å². The van der Waals surface area contributed by atoms with E-state index >= 15 is 0 Å². The molecular formula is C21H22ClN3O4S. The SMILES string of the molecule is CCCNC(=O)[C@@H](C)SC1=N/C(=C/c2ccco2)C(=O)N1c1ccc(OC)c(Cl)c1. The average molecular weight is 448 g/mol. The maximum Gasteiger partial charge on any atom is 0.283 e. The predicted molar refractivity (Wildman–Crippen MR) is 120 cm³/mol. The highest BCUT2D eigenvalue weighted by Crippen LogP contribution is 2.35. The van der Waals surface area contributed by atoms with E-state index < -0.39 is 5.25 Å². The molecule has 0 unspecified atom stereocenters. The maximum atomic E-state index is 13.1. The molecule has 1 atom stereocenters. The number of carbonyl (C=O) groups excluding carboxylic acids is 2. The van der Waals surface area contributed by atoms with Gasteiger partial charge < -0.3 is 14.5 Å². The van der Waals surface area contributed by atoms with E-state index in [0.29, 0.717) is 33.9 Å². The van der Waals surface area contributed by atoms with E-state index in [1.54, 1.807) is 43.3 Å². The standard InChI is InChI=1S/C21H22ClN3O4S/c1-4-9-23-19(26)13(2)30-21-24-17(12-15-6-5-10-29-15)20(27)25(21)14-7-8-18(28-3)16(22)11-14/h5-8,10-13H,4,9H2,1-3H3,(H,23,26)/b17-12+/t13-/m1/s1. The van der Waals surface area contributed by atoms with Gasteiger partial charge in [0.1, 0.15) is 17.2 Å². The van der Waals surface area contributed by atoms with Gasteiger partial charge >= 0.3 is 0 Å². The van der Waals surface area contributed by atoms with Gasteiger partial charge in [0.15, 0.2) is 5.17 Å². The molecule has 1 aliphatic rings. The maximum absolute atomic E-state index is 13.1. The molecule has 0 radical (unpaired) electrons. The largest absolute Gasteiger partial charge is 0.495 e. The first-order valence-electron chi connectivity index (χ1n) is 9.40. The van der Waals surface area contributed by atoms with Crippen molar-refractivity contribution < 1.29 is 18.7 Å². The summed E-state index contributed by atoms with van der Waals surface area (Å²) >= 11 is 7.47. The number of carbonyl (C=O) groups is 2. The number of methoxy groups -OCH3 is 1. The minimum absolute atomic E-state index is 0.117. The van der Waals surface area contributed by atoms with Crippen molar-refractivity contribution in [2.24, 2.45) is 4.99 Å². The van der Waals surface area contributed by atoms with Crippen LogP contribution >= 0.6 is 23.4 Å². The second-order valence-corrected chi connectivity index (χ2v) is 8.17. The summed E-state index contributed by atoms with van der Waals surface area (Å²) in [4.78, 5) is 31.4. The van der Waals surface area contributed by atoms with Gasteiger partial charge in [0.05, 0.1) is 29.3 Å². The Kier molecular flexibility index (Phi) is 7.23. The summed E-state index contributed by atoms with van der Waals surface area (Å²) in [6.45, 7) is 4.35. The summed E-state index contributed by atoms with van der Waals surface area (Å²) in [5.74, 6) is 0.552. The number of hydrogen-bond donors (Lipinski definition) is 1. The molecule has 158 valence electrons. The fourth-order valence-corrected chi connectivity index (χ4v) is 3.91. The summed E-state index contributed by atoms with van der Waals surface area (Å²) in [7, 11) is 1.52. The van der Waals surface area contributed by atoms with Crippen LogP contribution in [0.5, 0.6) is 5.75 Å². The van der Waals surface area contributed by atoms with Crippen LogP contribution < -0.4 is 15.0 Å². The number of amidine groups is 1. The number of hydrogen-bond acceptors (Lipinski definition) is 6. The number of amides is 2. The van der Waals surface area contributed by atoms with E-state index in [0.717, 1.165) is 6.42 Å². The molecular weight excluding hydrogens is 426 g/mol. The minimum atomic E-state index is -0.442. The van der Waals surface area contributed by atoms with Gasteiger partial charge in [0.2, 0.25) is 5.91 Å². The number of halogens is 1. The van der Waals surface area contributed by atoms with E-state index in [2.05, 4.69) is 10.3 Å². The topological polar surface area (TPSA) is 84.1 Å². The lowest BCUT2D eigenvalue weighted by molar-refractivity contribution is -0.120. The molecule has 1 aromatic carbocycles. The van der Waals surface area contributed by atoms with Crippen molar-refractivity contribution in [1.82, 2.24) is 5.32 Å². The fraction of sp³-hybridized carbons (Fsp3) is 0.286. The monoisotopic (exact) mass is 447 g/mol. The number of furan rings is 1. The molecule has 0 spiro atoms. The van der Waals surface area contributed by atoms with E-state index in [1.807, 2.05) is 6.92 Å². The highest BCUT2D eigenvalue weighted by atomic mass is 35.5. The molecule has 1 N–H and O–H groups in total.